The minimum absolute atomic E-state index is 0.0488. The molecule has 1 atom stereocenters. The molecular weight excluding hydrogens is 282 g/mol. The van der Waals surface area contributed by atoms with E-state index in [9.17, 15) is 9.90 Å². The number of hydrogen-bond donors (Lipinski definition) is 1. The maximum atomic E-state index is 12.3. The van der Waals surface area contributed by atoms with E-state index in [0.29, 0.717) is 36.9 Å². The highest BCUT2D eigenvalue weighted by Gasteiger charge is 2.29. The largest absolute Gasteiger partial charge is 0.391 e. The number of benzene rings is 1. The van der Waals surface area contributed by atoms with Gasteiger partial charge in [-0.25, -0.2) is 0 Å². The molecule has 1 saturated heterocycles. The van der Waals surface area contributed by atoms with Gasteiger partial charge in [0.25, 0.3) is 11.8 Å². The van der Waals surface area contributed by atoms with E-state index in [1.807, 2.05) is 12.1 Å². The van der Waals surface area contributed by atoms with Crippen molar-refractivity contribution in [1.29, 1.82) is 0 Å². The van der Waals surface area contributed by atoms with Crippen LogP contribution in [0.3, 0.4) is 0 Å². The minimum Gasteiger partial charge on any atom is -0.391 e. The molecule has 2 fully saturated rings. The second-order valence-electron chi connectivity index (χ2n) is 6.00. The Hall–Kier alpha value is -2.21. The van der Waals surface area contributed by atoms with Crippen molar-refractivity contribution in [3.8, 4) is 11.5 Å². The molecule has 0 spiro atoms. The molecule has 0 unspecified atom stereocenters. The summed E-state index contributed by atoms with van der Waals surface area (Å²) in [4.78, 5) is 18.4. The molecule has 1 aromatic heterocycles. The molecular formula is C16H17N3O3. The van der Waals surface area contributed by atoms with E-state index < -0.39 is 6.10 Å². The lowest BCUT2D eigenvalue weighted by atomic mass is 10.1. The van der Waals surface area contributed by atoms with Gasteiger partial charge in [0.1, 0.15) is 0 Å². The van der Waals surface area contributed by atoms with Crippen molar-refractivity contribution in [2.45, 2.75) is 31.3 Å². The molecule has 1 amide bonds. The number of carbonyl (C=O) groups excluding carboxylic acids is 1. The van der Waals surface area contributed by atoms with Crippen molar-refractivity contribution in [3.05, 3.63) is 35.7 Å². The molecule has 1 saturated carbocycles. The fourth-order valence-electron chi connectivity index (χ4n) is 2.72. The van der Waals surface area contributed by atoms with Crippen molar-refractivity contribution >= 4 is 5.91 Å². The third kappa shape index (κ3) is 2.50. The molecule has 2 heterocycles. The summed E-state index contributed by atoms with van der Waals surface area (Å²) >= 11 is 0. The van der Waals surface area contributed by atoms with Crippen LogP contribution in [0.4, 0.5) is 0 Å². The highest BCUT2D eigenvalue weighted by molar-refractivity contribution is 5.94. The van der Waals surface area contributed by atoms with Gasteiger partial charge >= 0.3 is 0 Å². The zero-order valence-corrected chi connectivity index (χ0v) is 12.1. The molecule has 2 aliphatic rings. The second-order valence-corrected chi connectivity index (χ2v) is 6.00. The highest BCUT2D eigenvalue weighted by Crippen LogP contribution is 2.38. The summed E-state index contributed by atoms with van der Waals surface area (Å²) in [5, 5.41) is 13.5. The van der Waals surface area contributed by atoms with Crippen LogP contribution in [-0.4, -0.2) is 45.2 Å². The van der Waals surface area contributed by atoms with E-state index >= 15 is 0 Å². The predicted octanol–water partition coefficient (Wildman–Crippen LogP) is 1.82. The van der Waals surface area contributed by atoms with E-state index in [-0.39, 0.29) is 5.91 Å². The van der Waals surface area contributed by atoms with Crippen molar-refractivity contribution in [2.24, 2.45) is 0 Å². The van der Waals surface area contributed by atoms with Crippen molar-refractivity contribution < 1.29 is 14.4 Å². The number of likely N-dealkylation sites (tertiary alicyclic amines) is 1. The lowest BCUT2D eigenvalue weighted by Gasteiger charge is -2.15. The van der Waals surface area contributed by atoms with Crippen LogP contribution in [0.1, 0.15) is 41.4 Å². The van der Waals surface area contributed by atoms with Gasteiger partial charge in [0.05, 0.1) is 6.10 Å². The molecule has 114 valence electrons. The number of aliphatic hydroxyl groups is 1. The van der Waals surface area contributed by atoms with E-state index in [2.05, 4.69) is 10.1 Å². The number of hydrogen-bond acceptors (Lipinski definition) is 5. The van der Waals surface area contributed by atoms with Crippen LogP contribution in [0, 0.1) is 0 Å². The predicted molar refractivity (Wildman–Crippen MR) is 78.2 cm³/mol. The van der Waals surface area contributed by atoms with Gasteiger partial charge in [0, 0.05) is 30.1 Å². The van der Waals surface area contributed by atoms with Crippen LogP contribution in [0.2, 0.25) is 0 Å². The molecule has 2 aromatic rings. The Bertz CT molecular complexity index is 691. The maximum Gasteiger partial charge on any atom is 0.257 e. The van der Waals surface area contributed by atoms with Crippen molar-refractivity contribution in [2.75, 3.05) is 13.1 Å². The fourth-order valence-corrected chi connectivity index (χ4v) is 2.72. The first-order valence-corrected chi connectivity index (χ1v) is 7.62. The number of β-amino-alcohol motifs (C(OH)–C–C–N with tert-alkyl or cyclic N) is 1. The molecule has 4 rings (SSSR count). The average molecular weight is 299 g/mol. The third-order valence-electron chi connectivity index (χ3n) is 4.21. The van der Waals surface area contributed by atoms with Crippen LogP contribution in [-0.2, 0) is 0 Å². The zero-order valence-electron chi connectivity index (χ0n) is 12.1. The molecule has 22 heavy (non-hydrogen) atoms. The number of aromatic nitrogens is 2. The standard InChI is InChI=1S/C16H17N3O3/c20-13-7-8-19(9-13)16(21)12-5-3-11(4-6-12)15-17-14(18-22-15)10-1-2-10/h3-6,10,13,20H,1-2,7-9H2/t13-/m0/s1. The maximum absolute atomic E-state index is 12.3. The number of rotatable bonds is 3. The number of aliphatic hydroxyl groups excluding tert-OH is 1. The average Bonchev–Trinajstić information content (AvgIpc) is 3.11. The van der Waals surface area contributed by atoms with Gasteiger partial charge in [-0.3, -0.25) is 4.79 Å². The summed E-state index contributed by atoms with van der Waals surface area (Å²) < 4.78 is 5.28. The summed E-state index contributed by atoms with van der Waals surface area (Å²) in [5.74, 6) is 1.69. The zero-order chi connectivity index (χ0) is 15.1. The van der Waals surface area contributed by atoms with Gasteiger partial charge in [-0.2, -0.15) is 4.98 Å². The summed E-state index contributed by atoms with van der Waals surface area (Å²) in [5.41, 5.74) is 1.43. The summed E-state index contributed by atoms with van der Waals surface area (Å²) in [6.07, 6.45) is 2.51. The molecule has 1 aliphatic carbocycles. The Labute approximate surface area is 127 Å². The Morgan fingerprint density at radius 3 is 2.64 bits per heavy atom. The monoisotopic (exact) mass is 299 g/mol. The van der Waals surface area contributed by atoms with Crippen LogP contribution in [0.5, 0.6) is 0 Å². The lowest BCUT2D eigenvalue weighted by molar-refractivity contribution is 0.0765. The van der Waals surface area contributed by atoms with Crippen LogP contribution >= 0.6 is 0 Å². The van der Waals surface area contributed by atoms with Gasteiger partial charge in [-0.1, -0.05) is 5.16 Å². The number of amides is 1. The summed E-state index contributed by atoms with van der Waals surface area (Å²) in [7, 11) is 0. The van der Waals surface area contributed by atoms with Gasteiger partial charge in [-0.05, 0) is 43.5 Å². The highest BCUT2D eigenvalue weighted by atomic mass is 16.5. The van der Waals surface area contributed by atoms with E-state index in [1.165, 1.54) is 0 Å². The smallest absolute Gasteiger partial charge is 0.257 e. The molecule has 0 bridgehead atoms. The summed E-state index contributed by atoms with van der Waals surface area (Å²) in [6.45, 7) is 1.02. The summed E-state index contributed by atoms with van der Waals surface area (Å²) in [6, 6.07) is 7.18. The molecule has 1 N–H and O–H groups in total. The Balaban J connectivity index is 1.50. The first kappa shape index (κ1) is 13.5. The third-order valence-corrected chi connectivity index (χ3v) is 4.21. The minimum atomic E-state index is -0.400. The quantitative estimate of drug-likeness (QED) is 0.935. The van der Waals surface area contributed by atoms with Crippen LogP contribution in [0.15, 0.2) is 28.8 Å². The Morgan fingerprint density at radius 1 is 1.23 bits per heavy atom. The fraction of sp³-hybridized carbons (Fsp3) is 0.438. The lowest BCUT2D eigenvalue weighted by Crippen LogP contribution is -2.29. The Morgan fingerprint density at radius 2 is 2.00 bits per heavy atom. The molecule has 6 nitrogen and oxygen atoms in total. The Kier molecular flexibility index (Phi) is 3.18. The molecule has 1 aromatic carbocycles. The van der Waals surface area contributed by atoms with Crippen molar-refractivity contribution in [3.63, 3.8) is 0 Å². The SMILES string of the molecule is O=C(c1ccc(-c2nc(C3CC3)no2)cc1)N1CC[C@H](O)C1. The number of nitrogens with zero attached hydrogens (tertiary/aromatic N) is 3. The van der Waals surface area contributed by atoms with Gasteiger partial charge < -0.3 is 14.5 Å². The van der Waals surface area contributed by atoms with Gasteiger partial charge in [0.2, 0.25) is 0 Å². The van der Waals surface area contributed by atoms with Gasteiger partial charge in [-0.15, -0.1) is 0 Å². The van der Waals surface area contributed by atoms with E-state index in [0.717, 1.165) is 24.2 Å². The molecule has 0 radical (unpaired) electrons. The molecule has 6 heteroatoms. The van der Waals surface area contributed by atoms with Crippen molar-refractivity contribution in [1.82, 2.24) is 15.0 Å². The second kappa shape index (κ2) is 5.21. The van der Waals surface area contributed by atoms with E-state index in [4.69, 9.17) is 4.52 Å². The number of carbonyl (C=O) groups is 1. The van der Waals surface area contributed by atoms with Crippen LogP contribution in [0.25, 0.3) is 11.5 Å². The van der Waals surface area contributed by atoms with E-state index in [1.54, 1.807) is 17.0 Å². The van der Waals surface area contributed by atoms with Gasteiger partial charge in [0.15, 0.2) is 5.82 Å². The topological polar surface area (TPSA) is 79.5 Å². The molecule has 1 aliphatic heterocycles. The first-order chi connectivity index (χ1) is 10.7. The first-order valence-electron chi connectivity index (χ1n) is 7.62. The normalized spacial score (nSPS) is 21.3. The van der Waals surface area contributed by atoms with Crippen LogP contribution < -0.4 is 0 Å².